The van der Waals surface area contributed by atoms with Gasteiger partial charge in [-0.25, -0.2) is 13.1 Å². The van der Waals surface area contributed by atoms with Crippen LogP contribution in [0.2, 0.25) is 0 Å². The van der Waals surface area contributed by atoms with Crippen molar-refractivity contribution in [2.75, 3.05) is 46.4 Å². The molecular weight excluding hydrogens is 442 g/mol. The minimum atomic E-state index is -3.82. The minimum Gasteiger partial charge on any atom is -0.486 e. The third-order valence-corrected chi connectivity index (χ3v) is 9.89. The first-order chi connectivity index (χ1) is 15.8. The summed E-state index contributed by atoms with van der Waals surface area (Å²) >= 11 is 0. The van der Waals surface area contributed by atoms with Gasteiger partial charge in [-0.05, 0) is 69.4 Å². The van der Waals surface area contributed by atoms with E-state index in [1.807, 2.05) is 7.05 Å². The average Bonchev–Trinajstić information content (AvgIpc) is 2.77. The van der Waals surface area contributed by atoms with Crippen LogP contribution < -0.4 is 14.2 Å². The molecule has 5 fully saturated rings. The lowest BCUT2D eigenvalue weighted by atomic mass is 9.53. The van der Waals surface area contributed by atoms with Crippen LogP contribution in [-0.4, -0.2) is 76.1 Å². The summed E-state index contributed by atoms with van der Waals surface area (Å²) in [5.41, 5.74) is -0.0645. The molecule has 2 heterocycles. The van der Waals surface area contributed by atoms with Crippen molar-refractivity contribution in [3.05, 3.63) is 17.7 Å². The molecule has 4 aliphatic carbocycles. The van der Waals surface area contributed by atoms with E-state index < -0.39 is 10.0 Å². The minimum absolute atomic E-state index is 0.0972. The van der Waals surface area contributed by atoms with Gasteiger partial charge in [0, 0.05) is 37.8 Å². The molecule has 8 nitrogen and oxygen atoms in total. The van der Waals surface area contributed by atoms with Gasteiger partial charge in [-0.1, -0.05) is 0 Å². The summed E-state index contributed by atoms with van der Waals surface area (Å²) in [7, 11) is -1.78. The maximum Gasteiger partial charge on any atom is 0.257 e. The van der Waals surface area contributed by atoms with Gasteiger partial charge in [-0.2, -0.15) is 0 Å². The van der Waals surface area contributed by atoms with Gasteiger partial charge in [-0.15, -0.1) is 0 Å². The van der Waals surface area contributed by atoms with Crippen molar-refractivity contribution in [3.8, 4) is 11.5 Å². The number of sulfonamides is 1. The summed E-state index contributed by atoms with van der Waals surface area (Å²) < 4.78 is 42.0. The summed E-state index contributed by atoms with van der Waals surface area (Å²) in [4.78, 5) is 17.5. The topological polar surface area (TPSA) is 88.2 Å². The van der Waals surface area contributed by atoms with Crippen molar-refractivity contribution < 1.29 is 22.7 Å². The number of amides is 1. The molecule has 9 heteroatoms. The highest BCUT2D eigenvalue weighted by atomic mass is 32.2. The Morgan fingerprint density at radius 2 is 1.58 bits per heavy atom. The summed E-state index contributed by atoms with van der Waals surface area (Å²) in [6.07, 6.45) is 6.51. The molecule has 2 aliphatic heterocycles. The number of likely N-dealkylation sites (N-methyl/N-ethyl adjacent to an activating group) is 1. The summed E-state index contributed by atoms with van der Waals surface area (Å²) in [5.74, 6) is 2.40. The maximum absolute atomic E-state index is 13.7. The number of nitrogens with zero attached hydrogens (tertiary/aromatic N) is 2. The molecule has 0 radical (unpaired) electrons. The van der Waals surface area contributed by atoms with Crippen molar-refractivity contribution in [2.45, 2.75) is 49.0 Å². The molecule has 6 aliphatic rings. The zero-order valence-electron chi connectivity index (χ0n) is 19.2. The monoisotopic (exact) mass is 475 g/mol. The Hall–Kier alpha value is -1.84. The molecule has 0 aromatic heterocycles. The summed E-state index contributed by atoms with van der Waals surface area (Å²) in [6.45, 7) is 3.46. The standard InChI is InChI=1S/C24H33N3O5S/c1-26-2-4-27(5-3-26)23(28)20-11-19(12-21-22(20)32-7-6-31-21)33(29,30)25-24-13-16-8-17(14-24)10-18(9-16)15-24/h11-12,16-18,25H,2-10,13-15H2,1H3. The molecule has 1 amide bonds. The zero-order chi connectivity index (χ0) is 22.8. The molecule has 1 aromatic carbocycles. The zero-order valence-corrected chi connectivity index (χ0v) is 20.0. The third-order valence-electron chi connectivity index (χ3n) is 8.34. The Balaban J connectivity index is 1.33. The van der Waals surface area contributed by atoms with E-state index in [2.05, 4.69) is 9.62 Å². The molecule has 0 unspecified atom stereocenters. The van der Waals surface area contributed by atoms with E-state index in [4.69, 9.17) is 9.47 Å². The predicted octanol–water partition coefficient (Wildman–Crippen LogP) is 2.09. The lowest BCUT2D eigenvalue weighted by Crippen LogP contribution is -2.59. The first-order valence-electron chi connectivity index (χ1n) is 12.3. The van der Waals surface area contributed by atoms with Crippen molar-refractivity contribution in [1.82, 2.24) is 14.5 Å². The fourth-order valence-electron chi connectivity index (χ4n) is 7.20. The van der Waals surface area contributed by atoms with Crippen LogP contribution in [0.1, 0.15) is 48.9 Å². The number of carbonyl (C=O) groups is 1. The van der Waals surface area contributed by atoms with Crippen LogP contribution in [0.25, 0.3) is 0 Å². The third kappa shape index (κ3) is 3.91. The lowest BCUT2D eigenvalue weighted by molar-refractivity contribution is -0.00810. The van der Waals surface area contributed by atoms with Crippen LogP contribution >= 0.6 is 0 Å². The van der Waals surface area contributed by atoms with Gasteiger partial charge in [-0.3, -0.25) is 4.79 Å². The fourth-order valence-corrected chi connectivity index (χ4v) is 8.67. The number of fused-ring (bicyclic) bond motifs is 1. The second-order valence-corrected chi connectivity index (χ2v) is 12.6. The van der Waals surface area contributed by atoms with Crippen LogP contribution in [-0.2, 0) is 10.0 Å². The SMILES string of the molecule is CN1CCN(C(=O)c2cc(S(=O)(=O)NC34CC5CC(CC(C5)C3)C4)cc3c2OCCO3)CC1. The average molecular weight is 476 g/mol. The molecule has 4 saturated carbocycles. The van der Waals surface area contributed by atoms with E-state index >= 15 is 0 Å². The van der Waals surface area contributed by atoms with E-state index in [0.717, 1.165) is 32.4 Å². The number of benzene rings is 1. The van der Waals surface area contributed by atoms with E-state index in [0.29, 0.717) is 55.6 Å². The van der Waals surface area contributed by atoms with Crippen molar-refractivity contribution in [3.63, 3.8) is 0 Å². The molecule has 1 N–H and O–H groups in total. The van der Waals surface area contributed by atoms with Gasteiger partial charge < -0.3 is 19.3 Å². The van der Waals surface area contributed by atoms with E-state index in [9.17, 15) is 13.2 Å². The number of hydrogen-bond donors (Lipinski definition) is 1. The van der Waals surface area contributed by atoms with Crippen molar-refractivity contribution in [1.29, 1.82) is 0 Å². The molecule has 0 atom stereocenters. The molecule has 4 bridgehead atoms. The lowest BCUT2D eigenvalue weighted by Gasteiger charge is -2.56. The largest absolute Gasteiger partial charge is 0.486 e. The Morgan fingerprint density at radius 1 is 0.970 bits per heavy atom. The van der Waals surface area contributed by atoms with Crippen LogP contribution in [0.5, 0.6) is 11.5 Å². The Labute approximate surface area is 195 Å². The molecular formula is C24H33N3O5S. The normalized spacial score (nSPS) is 33.4. The van der Waals surface area contributed by atoms with Gasteiger partial charge in [0.1, 0.15) is 13.2 Å². The van der Waals surface area contributed by atoms with Crippen molar-refractivity contribution >= 4 is 15.9 Å². The second kappa shape index (κ2) is 7.85. The van der Waals surface area contributed by atoms with Crippen molar-refractivity contribution in [2.24, 2.45) is 17.8 Å². The highest BCUT2D eigenvalue weighted by Crippen LogP contribution is 2.56. The molecule has 33 heavy (non-hydrogen) atoms. The predicted molar refractivity (Wildman–Crippen MR) is 122 cm³/mol. The Kier molecular flexibility index (Phi) is 5.16. The molecule has 0 spiro atoms. The highest BCUT2D eigenvalue weighted by molar-refractivity contribution is 7.89. The molecule has 1 saturated heterocycles. The molecule has 1 aromatic rings. The number of nitrogens with one attached hydrogen (secondary N) is 1. The quantitative estimate of drug-likeness (QED) is 0.718. The van der Waals surface area contributed by atoms with E-state index in [1.165, 1.54) is 31.4 Å². The van der Waals surface area contributed by atoms with Crippen LogP contribution in [0.4, 0.5) is 0 Å². The van der Waals surface area contributed by atoms with E-state index in [-0.39, 0.29) is 21.9 Å². The van der Waals surface area contributed by atoms with Gasteiger partial charge in [0.05, 0.1) is 10.5 Å². The van der Waals surface area contributed by atoms with Gasteiger partial charge in [0.2, 0.25) is 10.0 Å². The van der Waals surface area contributed by atoms with E-state index in [1.54, 1.807) is 4.90 Å². The number of carbonyl (C=O) groups excluding carboxylic acids is 1. The van der Waals surface area contributed by atoms with Crippen LogP contribution in [0.15, 0.2) is 17.0 Å². The van der Waals surface area contributed by atoms with Crippen LogP contribution in [0, 0.1) is 17.8 Å². The van der Waals surface area contributed by atoms with Gasteiger partial charge in [0.25, 0.3) is 5.91 Å². The summed E-state index contributed by atoms with van der Waals surface area (Å²) in [6, 6.07) is 3.02. The number of rotatable bonds is 4. The Morgan fingerprint density at radius 3 is 2.21 bits per heavy atom. The summed E-state index contributed by atoms with van der Waals surface area (Å²) in [5, 5.41) is 0. The fraction of sp³-hybridized carbons (Fsp3) is 0.708. The Bertz CT molecular complexity index is 1030. The van der Waals surface area contributed by atoms with Crippen LogP contribution in [0.3, 0.4) is 0 Å². The number of ether oxygens (including phenoxy) is 2. The first kappa shape index (κ1) is 21.7. The smallest absolute Gasteiger partial charge is 0.257 e. The molecule has 180 valence electrons. The maximum atomic E-state index is 13.7. The highest BCUT2D eigenvalue weighted by Gasteiger charge is 2.52. The second-order valence-electron chi connectivity index (χ2n) is 10.9. The first-order valence-corrected chi connectivity index (χ1v) is 13.7. The molecule has 7 rings (SSSR count). The van der Waals surface area contributed by atoms with Gasteiger partial charge in [0.15, 0.2) is 11.5 Å². The number of piperazine rings is 1. The van der Waals surface area contributed by atoms with Gasteiger partial charge >= 0.3 is 0 Å². The number of hydrogen-bond acceptors (Lipinski definition) is 6.